The number of carboxylic acids is 1. The van der Waals surface area contributed by atoms with Gasteiger partial charge in [0.2, 0.25) is 0 Å². The number of carboxylic acid groups (broad SMARTS) is 1. The predicted molar refractivity (Wildman–Crippen MR) is 38.5 cm³/mol. The van der Waals surface area contributed by atoms with Crippen LogP contribution < -0.4 is 0 Å². The Hall–Kier alpha value is 0.871. The van der Waals surface area contributed by atoms with Gasteiger partial charge < -0.3 is 15.3 Å². The third kappa shape index (κ3) is 6.98. The van der Waals surface area contributed by atoms with Crippen LogP contribution in [-0.2, 0) is 4.79 Å². The van der Waals surface area contributed by atoms with Gasteiger partial charge in [0.05, 0.1) is 6.42 Å². The van der Waals surface area contributed by atoms with Gasteiger partial charge in [0.1, 0.15) is 0 Å². The van der Waals surface area contributed by atoms with Crippen molar-refractivity contribution in [2.75, 3.05) is 13.2 Å². The second-order valence-corrected chi connectivity index (χ2v) is 1.83. The van der Waals surface area contributed by atoms with E-state index in [2.05, 4.69) is 0 Å². The maximum absolute atomic E-state index is 9.91. The van der Waals surface area contributed by atoms with Crippen molar-refractivity contribution in [3.05, 3.63) is 0 Å². The molecule has 0 atom stereocenters. The Kier molecular flexibility index (Phi) is 10.7. The summed E-state index contributed by atoms with van der Waals surface area (Å²) in [6, 6.07) is 0. The number of aliphatic hydroxyl groups excluding tert-OH is 2. The number of hydrogen-bond acceptors (Lipinski definition) is 3. The topological polar surface area (TPSA) is 77.8 Å². The molecular formula is C5H12O4Sr. The van der Waals surface area contributed by atoms with Crippen molar-refractivity contribution in [1.82, 2.24) is 0 Å². The van der Waals surface area contributed by atoms with Crippen molar-refractivity contribution < 1.29 is 20.1 Å². The first-order chi connectivity index (χ1) is 4.20. The normalized spacial score (nSPS) is 9.10. The van der Waals surface area contributed by atoms with Crippen LogP contribution in [0.3, 0.4) is 0 Å². The van der Waals surface area contributed by atoms with Gasteiger partial charge in [-0.05, 0) is 0 Å². The molecule has 0 bridgehead atoms. The summed E-state index contributed by atoms with van der Waals surface area (Å²) in [4.78, 5) is 9.91. The molecular weight excluding hydrogens is 212 g/mol. The van der Waals surface area contributed by atoms with Gasteiger partial charge in [0.25, 0.3) is 0 Å². The van der Waals surface area contributed by atoms with Crippen LogP contribution in [0.5, 0.6) is 0 Å². The Morgan fingerprint density at radius 2 is 1.70 bits per heavy atom. The van der Waals surface area contributed by atoms with Gasteiger partial charge in [0.15, 0.2) is 0 Å². The average molecular weight is 224 g/mol. The Balaban J connectivity index is 0. The van der Waals surface area contributed by atoms with E-state index < -0.39 is 11.9 Å². The SMILES string of the molecule is O=C(O)CC(CO)CO.[SrH2]. The van der Waals surface area contributed by atoms with E-state index in [4.69, 9.17) is 15.3 Å². The molecule has 58 valence electrons. The fraction of sp³-hybridized carbons (Fsp3) is 0.800. The minimum absolute atomic E-state index is 0. The molecule has 0 fully saturated rings. The number of carbonyl (C=O) groups is 1. The molecule has 0 aromatic carbocycles. The van der Waals surface area contributed by atoms with Gasteiger partial charge in [-0.3, -0.25) is 4.79 Å². The summed E-state index contributed by atoms with van der Waals surface area (Å²) in [6.07, 6.45) is -0.174. The minimum atomic E-state index is -0.997. The van der Waals surface area contributed by atoms with E-state index >= 15 is 0 Å². The molecule has 0 aromatic rings. The Morgan fingerprint density at radius 3 is 1.80 bits per heavy atom. The summed E-state index contributed by atoms with van der Waals surface area (Å²) in [5.74, 6) is -1.51. The first-order valence-corrected chi connectivity index (χ1v) is 2.64. The van der Waals surface area contributed by atoms with Crippen molar-refractivity contribution in [3.63, 3.8) is 0 Å². The van der Waals surface area contributed by atoms with Crippen molar-refractivity contribution >= 4 is 51.5 Å². The number of hydrogen-bond donors (Lipinski definition) is 3. The van der Waals surface area contributed by atoms with Crippen LogP contribution in [0.15, 0.2) is 0 Å². The third-order valence-electron chi connectivity index (χ3n) is 0.980. The van der Waals surface area contributed by atoms with Gasteiger partial charge in [0, 0.05) is 19.1 Å². The molecule has 0 aliphatic heterocycles. The Labute approximate surface area is 96.1 Å². The zero-order valence-corrected chi connectivity index (χ0v) is 4.95. The maximum atomic E-state index is 9.91. The molecule has 0 spiro atoms. The molecule has 10 heavy (non-hydrogen) atoms. The van der Waals surface area contributed by atoms with Crippen LogP contribution in [-0.4, -0.2) is 80.0 Å². The molecule has 0 rings (SSSR count). The number of rotatable bonds is 4. The molecule has 0 radical (unpaired) electrons. The quantitative estimate of drug-likeness (QED) is 0.489. The summed E-state index contributed by atoms with van der Waals surface area (Å²) in [6.45, 7) is -0.550. The van der Waals surface area contributed by atoms with Crippen molar-refractivity contribution in [3.8, 4) is 0 Å². The fourth-order valence-electron chi connectivity index (χ4n) is 0.434. The molecule has 0 aliphatic rings. The van der Waals surface area contributed by atoms with Crippen molar-refractivity contribution in [1.29, 1.82) is 0 Å². The van der Waals surface area contributed by atoms with Crippen LogP contribution in [0.4, 0.5) is 0 Å². The molecule has 0 heterocycles. The van der Waals surface area contributed by atoms with Gasteiger partial charge in [-0.2, -0.15) is 0 Å². The van der Waals surface area contributed by atoms with Crippen LogP contribution in [0.1, 0.15) is 6.42 Å². The molecule has 0 amide bonds. The molecule has 0 aromatic heterocycles. The summed E-state index contributed by atoms with van der Waals surface area (Å²) in [7, 11) is 0. The van der Waals surface area contributed by atoms with Crippen LogP contribution >= 0.6 is 0 Å². The average Bonchev–Trinajstić information content (AvgIpc) is 1.82. The van der Waals surface area contributed by atoms with Gasteiger partial charge in [-0.15, -0.1) is 0 Å². The van der Waals surface area contributed by atoms with Crippen LogP contribution in [0, 0.1) is 5.92 Å². The Morgan fingerprint density at radius 1 is 1.30 bits per heavy atom. The Bertz CT molecular complexity index is 91.6. The van der Waals surface area contributed by atoms with E-state index in [1.165, 1.54) is 0 Å². The first-order valence-electron chi connectivity index (χ1n) is 2.64. The third-order valence-corrected chi connectivity index (χ3v) is 0.980. The monoisotopic (exact) mass is 224 g/mol. The first kappa shape index (κ1) is 13.5. The van der Waals surface area contributed by atoms with E-state index in [0.29, 0.717) is 0 Å². The van der Waals surface area contributed by atoms with E-state index in [1.54, 1.807) is 0 Å². The van der Waals surface area contributed by atoms with E-state index in [9.17, 15) is 4.79 Å². The summed E-state index contributed by atoms with van der Waals surface area (Å²) in [5, 5.41) is 24.8. The summed E-state index contributed by atoms with van der Waals surface area (Å²) < 4.78 is 0. The van der Waals surface area contributed by atoms with E-state index in [0.717, 1.165) is 0 Å². The zero-order valence-electron chi connectivity index (χ0n) is 4.95. The van der Waals surface area contributed by atoms with Gasteiger partial charge >= 0.3 is 51.5 Å². The van der Waals surface area contributed by atoms with Crippen molar-refractivity contribution in [2.24, 2.45) is 5.92 Å². The number of aliphatic carboxylic acids is 1. The summed E-state index contributed by atoms with van der Waals surface area (Å²) >= 11 is 0. The molecule has 4 nitrogen and oxygen atoms in total. The van der Waals surface area contributed by atoms with Crippen molar-refractivity contribution in [2.45, 2.75) is 6.42 Å². The second-order valence-electron chi connectivity index (χ2n) is 1.83. The summed E-state index contributed by atoms with van der Waals surface area (Å²) in [5.41, 5.74) is 0. The predicted octanol–water partition coefficient (Wildman–Crippen LogP) is -1.85. The standard InChI is InChI=1S/C5H10O4.Sr.2H/c6-2-4(3-7)1-5(8)9;;;/h4,6-7H,1-3H2,(H,8,9);;;. The van der Waals surface area contributed by atoms with Gasteiger partial charge in [-0.25, -0.2) is 0 Å². The van der Waals surface area contributed by atoms with Gasteiger partial charge in [-0.1, -0.05) is 0 Å². The van der Waals surface area contributed by atoms with Crippen LogP contribution in [0.2, 0.25) is 0 Å². The molecule has 5 heteroatoms. The molecule has 0 unspecified atom stereocenters. The fourth-order valence-corrected chi connectivity index (χ4v) is 0.434. The van der Waals surface area contributed by atoms with E-state index in [1.807, 2.05) is 0 Å². The zero-order chi connectivity index (χ0) is 7.28. The van der Waals surface area contributed by atoms with Crippen LogP contribution in [0.25, 0.3) is 0 Å². The molecule has 0 aliphatic carbocycles. The molecule has 3 N–H and O–H groups in total. The molecule has 0 saturated carbocycles. The second kappa shape index (κ2) is 7.97. The number of aliphatic hydroxyl groups is 2. The molecule has 0 saturated heterocycles. The van der Waals surface area contributed by atoms with E-state index in [-0.39, 0.29) is 65.1 Å².